The predicted molar refractivity (Wildman–Crippen MR) is 284 cm³/mol. The van der Waals surface area contributed by atoms with Crippen molar-refractivity contribution in [1.29, 1.82) is 0 Å². The molecule has 0 aromatic rings. The Morgan fingerprint density at radius 3 is 0.864 bits per heavy atom. The number of rotatable bonds is 54. The number of unbranched alkanes of at least 4 members (excludes halogenated alkanes) is 39. The third-order valence-corrected chi connectivity index (χ3v) is 13.2. The molecule has 0 fully saturated rings. The third-order valence-electron chi connectivity index (χ3n) is 13.2. The molecule has 0 aromatic heterocycles. The van der Waals surface area contributed by atoms with E-state index in [-0.39, 0.29) is 31.1 Å². The van der Waals surface area contributed by atoms with Crippen molar-refractivity contribution in [2.45, 2.75) is 329 Å². The summed E-state index contributed by atoms with van der Waals surface area (Å²) in [5.74, 6) is -0.854. The van der Waals surface area contributed by atoms with Crippen molar-refractivity contribution in [1.82, 2.24) is 0 Å². The first-order valence-corrected chi connectivity index (χ1v) is 29.3. The molecule has 0 bridgehead atoms. The molecule has 1 atom stereocenters. The highest BCUT2D eigenvalue weighted by molar-refractivity contribution is 5.71. The zero-order chi connectivity index (χ0) is 47.9. The van der Waals surface area contributed by atoms with Gasteiger partial charge in [0.05, 0.1) is 0 Å². The van der Waals surface area contributed by atoms with E-state index < -0.39 is 6.10 Å². The van der Waals surface area contributed by atoms with Gasteiger partial charge in [0.15, 0.2) is 6.10 Å². The Balaban J connectivity index is 4.32. The summed E-state index contributed by atoms with van der Waals surface area (Å²) in [4.78, 5) is 38.1. The highest BCUT2D eigenvalue weighted by atomic mass is 16.6. The molecule has 0 spiro atoms. The molecule has 6 heteroatoms. The minimum Gasteiger partial charge on any atom is -0.462 e. The largest absolute Gasteiger partial charge is 0.462 e. The van der Waals surface area contributed by atoms with Gasteiger partial charge in [-0.05, 0) is 51.4 Å². The van der Waals surface area contributed by atoms with Gasteiger partial charge in [0.25, 0.3) is 0 Å². The third kappa shape index (κ3) is 52.9. The molecule has 0 saturated heterocycles. The van der Waals surface area contributed by atoms with Crippen LogP contribution < -0.4 is 0 Å². The van der Waals surface area contributed by atoms with Gasteiger partial charge in [0.1, 0.15) is 13.2 Å². The molecule has 0 saturated carbocycles. The highest BCUT2D eigenvalue weighted by Gasteiger charge is 2.19. The number of hydrogen-bond donors (Lipinski definition) is 0. The van der Waals surface area contributed by atoms with Crippen molar-refractivity contribution in [3.8, 4) is 0 Å². The van der Waals surface area contributed by atoms with Gasteiger partial charge in [-0.25, -0.2) is 0 Å². The number of hydrogen-bond acceptors (Lipinski definition) is 6. The first kappa shape index (κ1) is 63.9. The number of ether oxygens (including phenoxy) is 3. The fourth-order valence-electron chi connectivity index (χ4n) is 8.77. The molecule has 0 unspecified atom stereocenters. The summed E-state index contributed by atoms with van der Waals surface area (Å²) >= 11 is 0. The van der Waals surface area contributed by atoms with Crippen molar-refractivity contribution in [2.75, 3.05) is 13.2 Å². The molecule has 0 N–H and O–H groups in total. The molecular weight excluding hydrogens is 817 g/mol. The van der Waals surface area contributed by atoms with Gasteiger partial charge in [-0.2, -0.15) is 0 Å². The Kier molecular flexibility index (Phi) is 53.7. The fraction of sp³-hybridized carbons (Fsp3) is 0.883. The summed E-state index contributed by atoms with van der Waals surface area (Å²) in [5, 5.41) is 0. The van der Waals surface area contributed by atoms with Gasteiger partial charge in [-0.15, -0.1) is 0 Å². The van der Waals surface area contributed by atoms with Gasteiger partial charge >= 0.3 is 17.9 Å². The zero-order valence-corrected chi connectivity index (χ0v) is 44.5. The molecule has 388 valence electrons. The predicted octanol–water partition coefficient (Wildman–Crippen LogP) is 19.5. The van der Waals surface area contributed by atoms with E-state index in [1.165, 1.54) is 212 Å². The highest BCUT2D eigenvalue weighted by Crippen LogP contribution is 2.17. The Hall–Kier alpha value is -2.11. The van der Waals surface area contributed by atoms with E-state index in [2.05, 4.69) is 45.1 Å². The average molecular weight is 930 g/mol. The summed E-state index contributed by atoms with van der Waals surface area (Å²) in [7, 11) is 0. The monoisotopic (exact) mass is 929 g/mol. The van der Waals surface area contributed by atoms with Gasteiger partial charge in [0, 0.05) is 19.3 Å². The molecule has 6 nitrogen and oxygen atoms in total. The van der Waals surface area contributed by atoms with Crippen LogP contribution in [-0.4, -0.2) is 37.2 Å². The number of allylic oxidation sites excluding steroid dienone is 4. The first-order valence-electron chi connectivity index (χ1n) is 29.3. The average Bonchev–Trinajstić information content (AvgIpc) is 3.31. The fourth-order valence-corrected chi connectivity index (χ4v) is 8.77. The van der Waals surface area contributed by atoms with Gasteiger partial charge < -0.3 is 14.2 Å². The molecule has 0 radical (unpaired) electrons. The van der Waals surface area contributed by atoms with E-state index >= 15 is 0 Å². The Labute approximate surface area is 411 Å². The molecule has 0 aliphatic heterocycles. The number of esters is 3. The van der Waals surface area contributed by atoms with Crippen LogP contribution in [0.1, 0.15) is 323 Å². The minimum absolute atomic E-state index is 0.0689. The Morgan fingerprint density at radius 2 is 0.545 bits per heavy atom. The molecule has 66 heavy (non-hydrogen) atoms. The quantitative estimate of drug-likeness (QED) is 0.0262. The van der Waals surface area contributed by atoms with Crippen LogP contribution in [0.5, 0.6) is 0 Å². The van der Waals surface area contributed by atoms with Crippen molar-refractivity contribution in [3.05, 3.63) is 24.3 Å². The van der Waals surface area contributed by atoms with Crippen molar-refractivity contribution < 1.29 is 28.6 Å². The second-order valence-corrected chi connectivity index (χ2v) is 19.9. The van der Waals surface area contributed by atoms with Crippen LogP contribution in [-0.2, 0) is 28.6 Å². The second-order valence-electron chi connectivity index (χ2n) is 19.9. The van der Waals surface area contributed by atoms with Crippen molar-refractivity contribution >= 4 is 17.9 Å². The lowest BCUT2D eigenvalue weighted by molar-refractivity contribution is -0.167. The Morgan fingerprint density at radius 1 is 0.303 bits per heavy atom. The lowest BCUT2D eigenvalue weighted by Crippen LogP contribution is -2.30. The molecule has 0 aliphatic carbocycles. The van der Waals surface area contributed by atoms with Crippen molar-refractivity contribution in [2.24, 2.45) is 0 Å². The van der Waals surface area contributed by atoms with E-state index in [0.29, 0.717) is 19.3 Å². The molecule has 0 aromatic carbocycles. The minimum atomic E-state index is -0.770. The van der Waals surface area contributed by atoms with Crippen LogP contribution in [0, 0.1) is 0 Å². The van der Waals surface area contributed by atoms with Crippen LogP contribution in [0.15, 0.2) is 24.3 Å². The molecular formula is C60H112O6. The van der Waals surface area contributed by atoms with Gasteiger partial charge in [0.2, 0.25) is 0 Å². The summed E-state index contributed by atoms with van der Waals surface area (Å²) in [5.41, 5.74) is 0. The lowest BCUT2D eigenvalue weighted by atomic mass is 10.0. The number of carbonyl (C=O) groups is 3. The zero-order valence-electron chi connectivity index (χ0n) is 44.5. The van der Waals surface area contributed by atoms with E-state index in [1.807, 2.05) is 0 Å². The topological polar surface area (TPSA) is 78.9 Å². The van der Waals surface area contributed by atoms with Gasteiger partial charge in [-0.1, -0.05) is 276 Å². The summed E-state index contributed by atoms with van der Waals surface area (Å²) in [6, 6.07) is 0. The summed E-state index contributed by atoms with van der Waals surface area (Å²) in [6.45, 7) is 6.66. The smallest absolute Gasteiger partial charge is 0.306 e. The molecule has 0 amide bonds. The summed E-state index contributed by atoms with van der Waals surface area (Å²) < 4.78 is 16.9. The maximum Gasteiger partial charge on any atom is 0.306 e. The summed E-state index contributed by atoms with van der Waals surface area (Å²) in [6.07, 6.45) is 64.5. The first-order chi connectivity index (χ1) is 32.5. The molecule has 0 heterocycles. The van der Waals surface area contributed by atoms with Crippen LogP contribution in [0.2, 0.25) is 0 Å². The Bertz CT molecular complexity index is 1070. The van der Waals surface area contributed by atoms with Crippen LogP contribution in [0.4, 0.5) is 0 Å². The van der Waals surface area contributed by atoms with Crippen LogP contribution in [0.3, 0.4) is 0 Å². The van der Waals surface area contributed by atoms with E-state index in [9.17, 15) is 14.4 Å². The lowest BCUT2D eigenvalue weighted by Gasteiger charge is -2.18. The van der Waals surface area contributed by atoms with E-state index in [1.54, 1.807) is 0 Å². The molecule has 0 rings (SSSR count). The molecule has 0 aliphatic rings. The number of carbonyl (C=O) groups excluding carboxylic acids is 3. The normalized spacial score (nSPS) is 12.1. The van der Waals surface area contributed by atoms with Crippen molar-refractivity contribution in [3.63, 3.8) is 0 Å². The van der Waals surface area contributed by atoms with Crippen LogP contribution >= 0.6 is 0 Å². The standard InChI is InChI=1S/C60H112O6/c1-4-7-10-13-16-19-22-25-27-29-31-32-35-38-41-44-47-50-53-59(62)65-56-57(55-64-58(61)52-49-46-43-40-37-34-24-21-18-15-12-9-6-3)66-60(63)54-51-48-45-42-39-36-33-30-28-26-23-20-17-14-11-8-5-2/h17,20,26,28,57H,4-16,18-19,21-25,27,29-56H2,1-3H3/b20-17-,28-26-/t57-/m1/s1. The maximum absolute atomic E-state index is 12.9. The van der Waals surface area contributed by atoms with E-state index in [0.717, 1.165) is 70.6 Å². The van der Waals surface area contributed by atoms with Gasteiger partial charge in [-0.3, -0.25) is 14.4 Å². The maximum atomic E-state index is 12.9. The van der Waals surface area contributed by atoms with E-state index in [4.69, 9.17) is 14.2 Å². The SMILES string of the molecule is CCCCC/C=C\C/C=C\CCCCCCCCCC(=O)O[C@H](COC(=O)CCCCCCCCCCCCCCC)COC(=O)CCCCCCCCCCCCCCCCCCCC. The second kappa shape index (κ2) is 55.5. The van der Waals surface area contributed by atoms with Crippen LogP contribution in [0.25, 0.3) is 0 Å².